The first-order valence-electron chi connectivity index (χ1n) is 4.96. The van der Waals surface area contributed by atoms with Gasteiger partial charge in [-0.15, -0.1) is 0 Å². The Hall–Kier alpha value is -0.530. The molecule has 1 aromatic carbocycles. The molecular weight excluding hydrogens is 196 g/mol. The van der Waals surface area contributed by atoms with Crippen molar-refractivity contribution < 1.29 is 5.11 Å². The SMILES string of the molecule is CCC[C@@](C)(O)c1ccc(Cl)c(C)c1. The zero-order valence-electron chi connectivity index (χ0n) is 8.97. The van der Waals surface area contributed by atoms with E-state index in [0.717, 1.165) is 29.0 Å². The summed E-state index contributed by atoms with van der Waals surface area (Å²) in [4.78, 5) is 0. The van der Waals surface area contributed by atoms with Gasteiger partial charge in [0, 0.05) is 5.02 Å². The molecule has 2 heteroatoms. The monoisotopic (exact) mass is 212 g/mol. The van der Waals surface area contributed by atoms with E-state index < -0.39 is 5.60 Å². The van der Waals surface area contributed by atoms with Crippen LogP contribution in [-0.2, 0) is 5.60 Å². The van der Waals surface area contributed by atoms with Gasteiger partial charge in [0.25, 0.3) is 0 Å². The summed E-state index contributed by atoms with van der Waals surface area (Å²) >= 11 is 5.93. The van der Waals surface area contributed by atoms with E-state index in [0.29, 0.717) is 0 Å². The predicted octanol–water partition coefficient (Wildman–Crippen LogP) is 3.66. The second-order valence-electron chi connectivity index (χ2n) is 3.99. The van der Waals surface area contributed by atoms with Gasteiger partial charge >= 0.3 is 0 Å². The molecule has 0 saturated heterocycles. The van der Waals surface area contributed by atoms with Crippen LogP contribution in [0.25, 0.3) is 0 Å². The van der Waals surface area contributed by atoms with Crippen molar-refractivity contribution in [1.82, 2.24) is 0 Å². The van der Waals surface area contributed by atoms with Crippen LogP contribution in [0.1, 0.15) is 37.8 Å². The molecule has 78 valence electrons. The minimum atomic E-state index is -0.732. The van der Waals surface area contributed by atoms with Crippen LogP contribution < -0.4 is 0 Å². The van der Waals surface area contributed by atoms with Crippen LogP contribution >= 0.6 is 11.6 Å². The molecule has 0 aliphatic heterocycles. The summed E-state index contributed by atoms with van der Waals surface area (Å²) in [5.41, 5.74) is 1.23. The molecule has 0 bridgehead atoms. The highest BCUT2D eigenvalue weighted by molar-refractivity contribution is 6.31. The third-order valence-corrected chi connectivity index (χ3v) is 2.94. The third-order valence-electron chi connectivity index (χ3n) is 2.52. The van der Waals surface area contributed by atoms with Gasteiger partial charge < -0.3 is 5.11 Å². The van der Waals surface area contributed by atoms with Crippen molar-refractivity contribution in [2.24, 2.45) is 0 Å². The number of aliphatic hydroxyl groups is 1. The Labute approximate surface area is 90.7 Å². The third kappa shape index (κ3) is 2.49. The van der Waals surface area contributed by atoms with Crippen LogP contribution in [0.2, 0.25) is 5.02 Å². The summed E-state index contributed by atoms with van der Waals surface area (Å²) in [5.74, 6) is 0. The number of aryl methyl sites for hydroxylation is 1. The smallest absolute Gasteiger partial charge is 0.0868 e. The molecular formula is C12H17ClO. The molecule has 0 aromatic heterocycles. The maximum atomic E-state index is 10.2. The normalized spacial score (nSPS) is 15.2. The number of rotatable bonds is 3. The number of hydrogen-bond acceptors (Lipinski definition) is 1. The van der Waals surface area contributed by atoms with Gasteiger partial charge in [-0.2, -0.15) is 0 Å². The highest BCUT2D eigenvalue weighted by atomic mass is 35.5. The van der Waals surface area contributed by atoms with Crippen LogP contribution in [0.5, 0.6) is 0 Å². The van der Waals surface area contributed by atoms with Gasteiger partial charge in [0.15, 0.2) is 0 Å². The molecule has 1 N–H and O–H groups in total. The molecule has 0 saturated carbocycles. The molecule has 14 heavy (non-hydrogen) atoms. The van der Waals surface area contributed by atoms with Crippen molar-refractivity contribution in [3.05, 3.63) is 34.3 Å². The molecule has 0 fully saturated rings. The molecule has 1 nitrogen and oxygen atoms in total. The lowest BCUT2D eigenvalue weighted by Crippen LogP contribution is -2.20. The van der Waals surface area contributed by atoms with Gasteiger partial charge in [0.2, 0.25) is 0 Å². The van der Waals surface area contributed by atoms with E-state index in [9.17, 15) is 5.11 Å². The van der Waals surface area contributed by atoms with Crippen LogP contribution in [0.15, 0.2) is 18.2 Å². The van der Waals surface area contributed by atoms with Crippen LogP contribution in [0.3, 0.4) is 0 Å². The fourth-order valence-electron chi connectivity index (χ4n) is 1.61. The Morgan fingerprint density at radius 3 is 2.57 bits per heavy atom. The zero-order chi connectivity index (χ0) is 10.8. The van der Waals surface area contributed by atoms with E-state index in [1.807, 2.05) is 32.0 Å². The second kappa shape index (κ2) is 4.33. The molecule has 0 aliphatic rings. The molecule has 1 atom stereocenters. The van der Waals surface area contributed by atoms with Crippen LogP contribution in [0, 0.1) is 6.92 Å². The maximum absolute atomic E-state index is 10.2. The van der Waals surface area contributed by atoms with Gasteiger partial charge in [0.1, 0.15) is 0 Å². The van der Waals surface area contributed by atoms with E-state index in [-0.39, 0.29) is 0 Å². The highest BCUT2D eigenvalue weighted by Crippen LogP contribution is 2.28. The highest BCUT2D eigenvalue weighted by Gasteiger charge is 2.21. The van der Waals surface area contributed by atoms with E-state index in [1.54, 1.807) is 0 Å². The lowest BCUT2D eigenvalue weighted by atomic mass is 9.90. The lowest BCUT2D eigenvalue weighted by molar-refractivity contribution is 0.0469. The van der Waals surface area contributed by atoms with Crippen LogP contribution in [0.4, 0.5) is 0 Å². The molecule has 0 spiro atoms. The molecule has 0 aliphatic carbocycles. The topological polar surface area (TPSA) is 20.2 Å². The fraction of sp³-hybridized carbons (Fsp3) is 0.500. The maximum Gasteiger partial charge on any atom is 0.0868 e. The average molecular weight is 213 g/mol. The first kappa shape index (κ1) is 11.5. The summed E-state index contributed by atoms with van der Waals surface area (Å²) < 4.78 is 0. The first-order valence-corrected chi connectivity index (χ1v) is 5.34. The zero-order valence-corrected chi connectivity index (χ0v) is 9.73. The minimum Gasteiger partial charge on any atom is -0.385 e. The lowest BCUT2D eigenvalue weighted by Gasteiger charge is -2.23. The standard InChI is InChI=1S/C12H17ClO/c1-4-7-12(3,14)10-5-6-11(13)9(2)8-10/h5-6,8,14H,4,7H2,1-3H3/t12-/m1/s1. The van der Waals surface area contributed by atoms with E-state index >= 15 is 0 Å². The van der Waals surface area contributed by atoms with Crippen molar-refractivity contribution in [3.8, 4) is 0 Å². The predicted molar refractivity (Wildman–Crippen MR) is 60.7 cm³/mol. The number of hydrogen-bond donors (Lipinski definition) is 1. The quantitative estimate of drug-likeness (QED) is 0.811. The molecule has 0 radical (unpaired) electrons. The largest absolute Gasteiger partial charge is 0.385 e. The molecule has 1 aromatic rings. The van der Waals surface area contributed by atoms with Gasteiger partial charge in [-0.05, 0) is 37.5 Å². The number of halogens is 1. The minimum absolute atomic E-state index is 0.732. The van der Waals surface area contributed by atoms with Gasteiger partial charge in [-0.1, -0.05) is 37.1 Å². The average Bonchev–Trinajstić information content (AvgIpc) is 2.09. The van der Waals surface area contributed by atoms with Crippen molar-refractivity contribution in [1.29, 1.82) is 0 Å². The summed E-state index contributed by atoms with van der Waals surface area (Å²) in [7, 11) is 0. The van der Waals surface area contributed by atoms with Gasteiger partial charge in [-0.3, -0.25) is 0 Å². The summed E-state index contributed by atoms with van der Waals surface area (Å²) in [6.45, 7) is 5.87. The Morgan fingerprint density at radius 2 is 2.07 bits per heavy atom. The van der Waals surface area contributed by atoms with Gasteiger partial charge in [0.05, 0.1) is 5.60 Å². The first-order chi connectivity index (χ1) is 6.47. The molecule has 0 amide bonds. The van der Waals surface area contributed by atoms with Crippen molar-refractivity contribution in [3.63, 3.8) is 0 Å². The number of benzene rings is 1. The fourth-order valence-corrected chi connectivity index (χ4v) is 1.73. The Balaban J connectivity index is 3.01. The van der Waals surface area contributed by atoms with E-state index in [1.165, 1.54) is 0 Å². The summed E-state index contributed by atoms with van der Waals surface area (Å²) in [6.07, 6.45) is 1.74. The Morgan fingerprint density at radius 1 is 1.43 bits per heavy atom. The molecule has 0 heterocycles. The van der Waals surface area contributed by atoms with E-state index in [2.05, 4.69) is 6.92 Å². The second-order valence-corrected chi connectivity index (χ2v) is 4.40. The van der Waals surface area contributed by atoms with Gasteiger partial charge in [-0.25, -0.2) is 0 Å². The molecule has 1 rings (SSSR count). The van der Waals surface area contributed by atoms with Crippen molar-refractivity contribution >= 4 is 11.6 Å². The Kier molecular flexibility index (Phi) is 3.57. The molecule has 0 unspecified atom stereocenters. The summed E-state index contributed by atoms with van der Waals surface area (Å²) in [6, 6.07) is 5.69. The Bertz CT molecular complexity index is 318. The van der Waals surface area contributed by atoms with Crippen molar-refractivity contribution in [2.75, 3.05) is 0 Å². The summed E-state index contributed by atoms with van der Waals surface area (Å²) in [5, 5.41) is 10.9. The van der Waals surface area contributed by atoms with Crippen LogP contribution in [-0.4, -0.2) is 5.11 Å². The van der Waals surface area contributed by atoms with Crippen molar-refractivity contribution in [2.45, 2.75) is 39.2 Å². The van der Waals surface area contributed by atoms with E-state index in [4.69, 9.17) is 11.6 Å².